The van der Waals surface area contributed by atoms with Gasteiger partial charge in [-0.2, -0.15) is 0 Å². The standard InChI is InChI=1S/C22H29N3O2/c1-5-27-20-8-6-19(7-9-20)23-22(26)25-12-10-24(11-13-25)21-17(3)14-16(2)15-18(21)4/h6-9,14-15H,5,10-13H2,1-4H3,(H,23,26). The van der Waals surface area contributed by atoms with E-state index in [1.165, 1.54) is 22.4 Å². The van der Waals surface area contributed by atoms with Crippen LogP contribution in [-0.4, -0.2) is 43.7 Å². The summed E-state index contributed by atoms with van der Waals surface area (Å²) in [5.41, 5.74) is 6.00. The van der Waals surface area contributed by atoms with Gasteiger partial charge in [-0.15, -0.1) is 0 Å². The van der Waals surface area contributed by atoms with Crippen LogP contribution in [0.5, 0.6) is 5.75 Å². The van der Waals surface area contributed by atoms with Crippen molar-refractivity contribution in [3.05, 3.63) is 53.1 Å². The van der Waals surface area contributed by atoms with E-state index in [4.69, 9.17) is 4.74 Å². The molecule has 27 heavy (non-hydrogen) atoms. The Kier molecular flexibility index (Phi) is 5.89. The molecule has 0 aromatic heterocycles. The van der Waals surface area contributed by atoms with Crippen molar-refractivity contribution in [2.45, 2.75) is 27.7 Å². The van der Waals surface area contributed by atoms with Crippen molar-refractivity contribution in [1.82, 2.24) is 4.90 Å². The number of ether oxygens (including phenoxy) is 1. The molecule has 0 saturated carbocycles. The summed E-state index contributed by atoms with van der Waals surface area (Å²) in [6.45, 7) is 12.2. The number of rotatable bonds is 4. The van der Waals surface area contributed by atoms with E-state index in [2.05, 4.69) is 43.1 Å². The van der Waals surface area contributed by atoms with Gasteiger partial charge in [0.2, 0.25) is 0 Å². The van der Waals surface area contributed by atoms with Crippen molar-refractivity contribution in [2.75, 3.05) is 43.0 Å². The molecule has 1 saturated heterocycles. The average molecular weight is 367 g/mol. The molecular formula is C22H29N3O2. The molecule has 0 spiro atoms. The number of hydrogen-bond acceptors (Lipinski definition) is 3. The Bertz CT molecular complexity index is 771. The smallest absolute Gasteiger partial charge is 0.321 e. The lowest BCUT2D eigenvalue weighted by molar-refractivity contribution is 0.208. The molecule has 0 atom stereocenters. The fourth-order valence-corrected chi connectivity index (χ4v) is 3.81. The van der Waals surface area contributed by atoms with Crippen LogP contribution in [0.3, 0.4) is 0 Å². The van der Waals surface area contributed by atoms with Gasteiger partial charge in [0.05, 0.1) is 6.61 Å². The summed E-state index contributed by atoms with van der Waals surface area (Å²) in [6.07, 6.45) is 0. The van der Waals surface area contributed by atoms with Gasteiger partial charge in [0.15, 0.2) is 0 Å². The molecule has 5 heteroatoms. The highest BCUT2D eigenvalue weighted by Gasteiger charge is 2.23. The van der Waals surface area contributed by atoms with Gasteiger partial charge in [0, 0.05) is 37.6 Å². The highest BCUT2D eigenvalue weighted by Crippen LogP contribution is 2.27. The SMILES string of the molecule is CCOc1ccc(NC(=O)N2CCN(c3c(C)cc(C)cc3C)CC2)cc1. The van der Waals surface area contributed by atoms with Gasteiger partial charge < -0.3 is 19.9 Å². The molecule has 0 aliphatic carbocycles. The first kappa shape index (κ1) is 19.1. The fourth-order valence-electron chi connectivity index (χ4n) is 3.81. The van der Waals surface area contributed by atoms with E-state index in [1.807, 2.05) is 36.1 Å². The van der Waals surface area contributed by atoms with Crippen LogP contribution in [0.2, 0.25) is 0 Å². The first-order chi connectivity index (χ1) is 13.0. The fraction of sp³-hybridized carbons (Fsp3) is 0.409. The molecule has 2 amide bonds. The summed E-state index contributed by atoms with van der Waals surface area (Å²) in [5, 5.41) is 2.98. The largest absolute Gasteiger partial charge is 0.494 e. The Balaban J connectivity index is 1.58. The molecule has 2 aromatic carbocycles. The minimum absolute atomic E-state index is 0.0452. The van der Waals surface area contributed by atoms with Gasteiger partial charge in [-0.1, -0.05) is 17.7 Å². The molecule has 144 valence electrons. The quantitative estimate of drug-likeness (QED) is 0.873. The minimum Gasteiger partial charge on any atom is -0.494 e. The summed E-state index contributed by atoms with van der Waals surface area (Å²) in [5.74, 6) is 0.813. The highest BCUT2D eigenvalue weighted by molar-refractivity contribution is 5.89. The van der Waals surface area contributed by atoms with Gasteiger partial charge in [-0.25, -0.2) is 4.79 Å². The van der Waals surface area contributed by atoms with Crippen LogP contribution >= 0.6 is 0 Å². The molecule has 3 rings (SSSR count). The van der Waals surface area contributed by atoms with Gasteiger partial charge in [0.25, 0.3) is 0 Å². The van der Waals surface area contributed by atoms with E-state index >= 15 is 0 Å². The number of hydrogen-bond donors (Lipinski definition) is 1. The summed E-state index contributed by atoms with van der Waals surface area (Å²) in [7, 11) is 0. The molecule has 1 aliphatic rings. The number of urea groups is 1. The number of carbonyl (C=O) groups is 1. The Morgan fingerprint density at radius 3 is 2.15 bits per heavy atom. The van der Waals surface area contributed by atoms with Crippen molar-refractivity contribution < 1.29 is 9.53 Å². The van der Waals surface area contributed by atoms with Crippen molar-refractivity contribution in [2.24, 2.45) is 0 Å². The number of piperazine rings is 1. The van der Waals surface area contributed by atoms with E-state index in [9.17, 15) is 4.79 Å². The van der Waals surface area contributed by atoms with Gasteiger partial charge in [-0.3, -0.25) is 0 Å². The highest BCUT2D eigenvalue weighted by atomic mass is 16.5. The Hall–Kier alpha value is -2.69. The van der Waals surface area contributed by atoms with Crippen molar-refractivity contribution in [3.8, 4) is 5.75 Å². The summed E-state index contributed by atoms with van der Waals surface area (Å²) < 4.78 is 5.43. The van der Waals surface area contributed by atoms with E-state index in [0.717, 1.165) is 37.6 Å². The summed E-state index contributed by atoms with van der Waals surface area (Å²) in [6, 6.07) is 11.9. The Morgan fingerprint density at radius 1 is 1.00 bits per heavy atom. The molecule has 5 nitrogen and oxygen atoms in total. The maximum absolute atomic E-state index is 12.6. The van der Waals surface area contributed by atoms with Crippen LogP contribution < -0.4 is 15.0 Å². The molecule has 0 unspecified atom stereocenters. The number of benzene rings is 2. The van der Waals surface area contributed by atoms with Crippen LogP contribution in [-0.2, 0) is 0 Å². The Morgan fingerprint density at radius 2 is 1.59 bits per heavy atom. The third-order valence-corrected chi connectivity index (χ3v) is 4.94. The van der Waals surface area contributed by atoms with E-state index in [-0.39, 0.29) is 6.03 Å². The lowest BCUT2D eigenvalue weighted by Gasteiger charge is -2.37. The molecule has 1 heterocycles. The molecule has 0 bridgehead atoms. The predicted octanol–water partition coefficient (Wildman–Crippen LogP) is 4.36. The normalized spacial score (nSPS) is 14.2. The van der Waals surface area contributed by atoms with E-state index in [0.29, 0.717) is 6.61 Å². The van der Waals surface area contributed by atoms with E-state index < -0.39 is 0 Å². The molecule has 1 aliphatic heterocycles. The lowest BCUT2D eigenvalue weighted by atomic mass is 10.0. The maximum Gasteiger partial charge on any atom is 0.321 e. The average Bonchev–Trinajstić information content (AvgIpc) is 2.63. The first-order valence-corrected chi connectivity index (χ1v) is 9.59. The number of carbonyl (C=O) groups excluding carboxylic acids is 1. The molecule has 2 aromatic rings. The van der Waals surface area contributed by atoms with Gasteiger partial charge in [-0.05, 0) is 63.1 Å². The lowest BCUT2D eigenvalue weighted by Crippen LogP contribution is -2.50. The summed E-state index contributed by atoms with van der Waals surface area (Å²) in [4.78, 5) is 16.8. The monoisotopic (exact) mass is 367 g/mol. The molecular weight excluding hydrogens is 338 g/mol. The zero-order chi connectivity index (χ0) is 19.4. The second-order valence-electron chi connectivity index (χ2n) is 7.11. The predicted molar refractivity (Wildman–Crippen MR) is 111 cm³/mol. The number of nitrogens with one attached hydrogen (secondary N) is 1. The van der Waals surface area contributed by atoms with Gasteiger partial charge >= 0.3 is 6.03 Å². The van der Waals surface area contributed by atoms with Crippen LogP contribution in [0.1, 0.15) is 23.6 Å². The van der Waals surface area contributed by atoms with Crippen LogP contribution in [0, 0.1) is 20.8 Å². The zero-order valence-corrected chi connectivity index (χ0v) is 16.7. The van der Waals surface area contributed by atoms with Crippen molar-refractivity contribution in [3.63, 3.8) is 0 Å². The number of amides is 2. The van der Waals surface area contributed by atoms with Crippen LogP contribution in [0.15, 0.2) is 36.4 Å². The summed E-state index contributed by atoms with van der Waals surface area (Å²) >= 11 is 0. The van der Waals surface area contributed by atoms with Crippen LogP contribution in [0.4, 0.5) is 16.2 Å². The van der Waals surface area contributed by atoms with Gasteiger partial charge in [0.1, 0.15) is 5.75 Å². The van der Waals surface area contributed by atoms with Crippen molar-refractivity contribution >= 4 is 17.4 Å². The second kappa shape index (κ2) is 8.33. The van der Waals surface area contributed by atoms with Crippen LogP contribution in [0.25, 0.3) is 0 Å². The maximum atomic E-state index is 12.6. The number of anilines is 2. The second-order valence-corrected chi connectivity index (χ2v) is 7.11. The topological polar surface area (TPSA) is 44.8 Å². The number of aryl methyl sites for hydroxylation is 3. The number of nitrogens with zero attached hydrogens (tertiary/aromatic N) is 2. The van der Waals surface area contributed by atoms with Crippen molar-refractivity contribution in [1.29, 1.82) is 0 Å². The van der Waals surface area contributed by atoms with E-state index in [1.54, 1.807) is 0 Å². The third kappa shape index (κ3) is 4.54. The zero-order valence-electron chi connectivity index (χ0n) is 16.7. The Labute approximate surface area is 161 Å². The third-order valence-electron chi connectivity index (χ3n) is 4.94. The first-order valence-electron chi connectivity index (χ1n) is 9.59. The molecule has 1 N–H and O–H groups in total. The minimum atomic E-state index is -0.0452. The molecule has 1 fully saturated rings. The molecule has 0 radical (unpaired) electrons.